The summed E-state index contributed by atoms with van der Waals surface area (Å²) in [5, 5.41) is 3.25. The molecule has 0 saturated heterocycles. The topological polar surface area (TPSA) is 50.8 Å². The van der Waals surface area contributed by atoms with Crippen LogP contribution < -0.4 is 5.32 Å². The Morgan fingerprint density at radius 3 is 2.57 bits per heavy atom. The van der Waals surface area contributed by atoms with Crippen LogP contribution in [0.3, 0.4) is 0 Å². The second-order valence-corrected chi connectivity index (χ2v) is 6.47. The van der Waals surface area contributed by atoms with Crippen LogP contribution in [-0.2, 0) is 14.3 Å². The molecular formula is C16H30N2O3. The van der Waals surface area contributed by atoms with E-state index in [0.717, 1.165) is 38.5 Å². The molecule has 0 amide bonds. The first kappa shape index (κ1) is 16.7. The van der Waals surface area contributed by atoms with Crippen LogP contribution in [0.5, 0.6) is 0 Å². The summed E-state index contributed by atoms with van der Waals surface area (Å²) in [6.07, 6.45) is 4.85. The summed E-state index contributed by atoms with van der Waals surface area (Å²) in [5.74, 6) is 1.09. The average molecular weight is 298 g/mol. The molecule has 1 N–H and O–H groups in total. The number of carbonyl (C=O) groups is 1. The van der Waals surface area contributed by atoms with Gasteiger partial charge in [-0.3, -0.25) is 0 Å². The van der Waals surface area contributed by atoms with E-state index in [4.69, 9.17) is 9.47 Å². The van der Waals surface area contributed by atoms with Crippen molar-refractivity contribution in [2.75, 3.05) is 47.0 Å². The zero-order chi connectivity index (χ0) is 15.3. The molecule has 2 aliphatic carbocycles. The van der Waals surface area contributed by atoms with Gasteiger partial charge in [0.1, 0.15) is 5.54 Å². The predicted octanol–water partition coefficient (Wildman–Crippen LogP) is 1.28. The molecule has 0 radical (unpaired) electrons. The van der Waals surface area contributed by atoms with Crippen molar-refractivity contribution in [2.24, 2.45) is 11.8 Å². The largest absolute Gasteiger partial charge is 0.465 e. The predicted molar refractivity (Wildman–Crippen MR) is 82.2 cm³/mol. The molecule has 0 aliphatic heterocycles. The van der Waals surface area contributed by atoms with Crippen LogP contribution in [-0.4, -0.2) is 63.4 Å². The highest BCUT2D eigenvalue weighted by molar-refractivity contribution is 5.82. The van der Waals surface area contributed by atoms with Gasteiger partial charge in [0, 0.05) is 19.7 Å². The van der Waals surface area contributed by atoms with Gasteiger partial charge in [0.05, 0.1) is 13.2 Å². The molecule has 5 nitrogen and oxygen atoms in total. The molecular weight excluding hydrogens is 268 g/mol. The normalized spacial score (nSPS) is 21.3. The van der Waals surface area contributed by atoms with Gasteiger partial charge in [0.25, 0.3) is 0 Å². The van der Waals surface area contributed by atoms with Crippen molar-refractivity contribution in [2.45, 2.75) is 38.1 Å². The number of ether oxygens (including phenoxy) is 2. The Morgan fingerprint density at radius 2 is 2.05 bits per heavy atom. The molecule has 2 fully saturated rings. The highest BCUT2D eigenvalue weighted by Gasteiger charge is 2.51. The number of nitrogens with zero attached hydrogens (tertiary/aromatic N) is 1. The van der Waals surface area contributed by atoms with E-state index in [9.17, 15) is 4.79 Å². The average Bonchev–Trinajstić information content (AvgIpc) is 3.34. The van der Waals surface area contributed by atoms with E-state index in [1.165, 1.54) is 12.8 Å². The third-order valence-electron chi connectivity index (χ3n) is 4.55. The number of hydrogen-bond acceptors (Lipinski definition) is 5. The van der Waals surface area contributed by atoms with Crippen LogP contribution in [0.1, 0.15) is 32.6 Å². The van der Waals surface area contributed by atoms with E-state index in [0.29, 0.717) is 19.1 Å². The van der Waals surface area contributed by atoms with Crippen LogP contribution in [0.4, 0.5) is 0 Å². The van der Waals surface area contributed by atoms with E-state index in [1.54, 1.807) is 0 Å². The molecule has 0 spiro atoms. The second kappa shape index (κ2) is 7.56. The van der Waals surface area contributed by atoms with Crippen LogP contribution in [0.15, 0.2) is 0 Å². The van der Waals surface area contributed by atoms with Gasteiger partial charge < -0.3 is 19.7 Å². The van der Waals surface area contributed by atoms with Crippen LogP contribution in [0.2, 0.25) is 0 Å². The van der Waals surface area contributed by atoms with Crippen molar-refractivity contribution in [3.05, 3.63) is 0 Å². The van der Waals surface area contributed by atoms with Gasteiger partial charge in [-0.2, -0.15) is 0 Å². The van der Waals surface area contributed by atoms with Crippen molar-refractivity contribution >= 4 is 5.97 Å². The van der Waals surface area contributed by atoms with E-state index >= 15 is 0 Å². The van der Waals surface area contributed by atoms with Crippen LogP contribution in [0.25, 0.3) is 0 Å². The SMILES string of the molecule is CCOC(=O)C(CN(C)CCOCC1CC1)(NC)C1CC1. The molecule has 0 heterocycles. The van der Waals surface area contributed by atoms with Crippen molar-refractivity contribution in [3.63, 3.8) is 0 Å². The van der Waals surface area contributed by atoms with Gasteiger partial charge in [0.15, 0.2) is 0 Å². The van der Waals surface area contributed by atoms with E-state index in [1.807, 2.05) is 21.0 Å². The summed E-state index contributed by atoms with van der Waals surface area (Å²) in [5.41, 5.74) is -0.554. The summed E-state index contributed by atoms with van der Waals surface area (Å²) in [6, 6.07) is 0. The first-order chi connectivity index (χ1) is 10.1. The summed E-state index contributed by atoms with van der Waals surface area (Å²) < 4.78 is 11.0. The minimum absolute atomic E-state index is 0.110. The summed E-state index contributed by atoms with van der Waals surface area (Å²) in [7, 11) is 3.92. The standard InChI is InChI=1S/C16H30N2O3/c1-4-21-15(19)16(17-2,14-7-8-14)12-18(3)9-10-20-11-13-5-6-13/h13-14,17H,4-12H2,1-3H3. The smallest absolute Gasteiger partial charge is 0.327 e. The maximum Gasteiger partial charge on any atom is 0.327 e. The number of hydrogen-bond donors (Lipinski definition) is 1. The van der Waals surface area contributed by atoms with Gasteiger partial charge in [-0.25, -0.2) is 4.79 Å². The molecule has 0 aromatic rings. The van der Waals surface area contributed by atoms with Crippen molar-refractivity contribution in [1.82, 2.24) is 10.2 Å². The van der Waals surface area contributed by atoms with Crippen molar-refractivity contribution in [1.29, 1.82) is 0 Å². The van der Waals surface area contributed by atoms with E-state index < -0.39 is 5.54 Å². The summed E-state index contributed by atoms with van der Waals surface area (Å²) in [4.78, 5) is 14.6. The first-order valence-corrected chi connectivity index (χ1v) is 8.24. The lowest BCUT2D eigenvalue weighted by atomic mass is 9.92. The Kier molecular flexibility index (Phi) is 6.02. The van der Waals surface area contributed by atoms with Gasteiger partial charge in [-0.05, 0) is 58.5 Å². The summed E-state index contributed by atoms with van der Waals surface area (Å²) in [6.45, 7) is 5.46. The lowest BCUT2D eigenvalue weighted by Crippen LogP contribution is -2.60. The third-order valence-corrected chi connectivity index (χ3v) is 4.55. The van der Waals surface area contributed by atoms with Crippen LogP contribution in [0, 0.1) is 11.8 Å². The molecule has 0 bridgehead atoms. The van der Waals surface area contributed by atoms with Gasteiger partial charge in [-0.15, -0.1) is 0 Å². The maximum atomic E-state index is 12.4. The summed E-state index contributed by atoms with van der Waals surface area (Å²) >= 11 is 0. The highest BCUT2D eigenvalue weighted by atomic mass is 16.5. The fourth-order valence-corrected chi connectivity index (χ4v) is 2.84. The van der Waals surface area contributed by atoms with Crippen molar-refractivity contribution in [3.8, 4) is 0 Å². The third kappa shape index (κ3) is 4.66. The molecule has 0 aromatic carbocycles. The first-order valence-electron chi connectivity index (χ1n) is 8.24. The molecule has 2 saturated carbocycles. The molecule has 2 rings (SSSR count). The van der Waals surface area contributed by atoms with E-state index in [-0.39, 0.29) is 5.97 Å². The molecule has 1 atom stereocenters. The number of nitrogens with one attached hydrogen (secondary N) is 1. The van der Waals surface area contributed by atoms with Gasteiger partial charge in [-0.1, -0.05) is 0 Å². The maximum absolute atomic E-state index is 12.4. The van der Waals surface area contributed by atoms with Gasteiger partial charge in [0.2, 0.25) is 0 Å². The molecule has 5 heteroatoms. The van der Waals surface area contributed by atoms with Crippen molar-refractivity contribution < 1.29 is 14.3 Å². The molecule has 0 aromatic heterocycles. The minimum Gasteiger partial charge on any atom is -0.465 e. The molecule has 122 valence electrons. The Hall–Kier alpha value is -0.650. The lowest BCUT2D eigenvalue weighted by Gasteiger charge is -2.35. The Balaban J connectivity index is 1.80. The zero-order valence-electron chi connectivity index (χ0n) is 13.7. The Labute approximate surface area is 128 Å². The number of rotatable bonds is 11. The highest BCUT2D eigenvalue weighted by Crippen LogP contribution is 2.40. The monoisotopic (exact) mass is 298 g/mol. The fraction of sp³-hybridized carbons (Fsp3) is 0.938. The minimum atomic E-state index is -0.554. The number of carbonyl (C=O) groups excluding carboxylic acids is 1. The van der Waals surface area contributed by atoms with E-state index in [2.05, 4.69) is 10.2 Å². The Bertz CT molecular complexity index is 342. The number of esters is 1. The van der Waals surface area contributed by atoms with Gasteiger partial charge >= 0.3 is 5.97 Å². The molecule has 21 heavy (non-hydrogen) atoms. The number of likely N-dealkylation sites (N-methyl/N-ethyl adjacent to an activating group) is 2. The quantitative estimate of drug-likeness (QED) is 0.460. The van der Waals surface area contributed by atoms with Crippen LogP contribution >= 0.6 is 0 Å². The second-order valence-electron chi connectivity index (χ2n) is 6.47. The molecule has 2 aliphatic rings. The Morgan fingerprint density at radius 1 is 1.33 bits per heavy atom. The fourth-order valence-electron chi connectivity index (χ4n) is 2.84. The zero-order valence-corrected chi connectivity index (χ0v) is 13.7. The lowest BCUT2D eigenvalue weighted by molar-refractivity contribution is -0.153. The molecule has 1 unspecified atom stereocenters.